The van der Waals surface area contributed by atoms with Gasteiger partial charge in [0.15, 0.2) is 0 Å². The average molecular weight is 325 g/mol. The molecule has 1 aliphatic heterocycles. The van der Waals surface area contributed by atoms with E-state index in [4.69, 9.17) is 4.42 Å². The van der Waals surface area contributed by atoms with Crippen LogP contribution in [0.2, 0.25) is 0 Å². The number of carbonyl (C=O) groups is 1. The zero-order valence-electron chi connectivity index (χ0n) is 12.0. The third kappa shape index (κ3) is 3.30. The number of aryl methyl sites for hydroxylation is 1. The molecule has 2 atom stereocenters. The number of carbonyl (C=O) groups excluding carboxylic acids is 1. The van der Waals surface area contributed by atoms with Crippen LogP contribution >= 0.6 is 12.4 Å². The van der Waals surface area contributed by atoms with Crippen molar-refractivity contribution in [1.29, 1.82) is 0 Å². The molecule has 1 fully saturated rings. The number of benzene rings is 1. The van der Waals surface area contributed by atoms with Crippen LogP contribution in [0.25, 0.3) is 11.0 Å². The van der Waals surface area contributed by atoms with E-state index < -0.39 is 17.8 Å². The van der Waals surface area contributed by atoms with Gasteiger partial charge in [0.1, 0.15) is 5.58 Å². The number of rotatable bonds is 2. The minimum Gasteiger partial charge on any atom is -0.423 e. The highest BCUT2D eigenvalue weighted by Gasteiger charge is 2.28. The Morgan fingerprint density at radius 3 is 2.86 bits per heavy atom. The van der Waals surface area contributed by atoms with Gasteiger partial charge in [-0.2, -0.15) is 0 Å². The zero-order chi connectivity index (χ0) is 15.0. The first-order valence-corrected chi connectivity index (χ1v) is 6.80. The molecule has 1 aromatic carbocycles. The molecule has 0 radical (unpaired) electrons. The number of nitrogens with one attached hydrogen (secondary N) is 2. The second kappa shape index (κ2) is 6.48. The first-order valence-electron chi connectivity index (χ1n) is 6.80. The molecule has 0 spiro atoms. The van der Waals surface area contributed by atoms with Crippen LogP contribution in [0.15, 0.2) is 33.5 Å². The summed E-state index contributed by atoms with van der Waals surface area (Å²) in [7, 11) is 0. The molecule has 6 nitrogen and oxygen atoms in total. The lowest BCUT2D eigenvalue weighted by atomic mass is 10.1. The molecule has 3 N–H and O–H groups in total. The smallest absolute Gasteiger partial charge is 0.336 e. The number of halogens is 1. The first-order chi connectivity index (χ1) is 10.0. The normalized spacial score (nSPS) is 20.6. The fourth-order valence-electron chi connectivity index (χ4n) is 2.55. The molecule has 118 valence electrons. The predicted molar refractivity (Wildman–Crippen MR) is 85.5 cm³/mol. The minimum atomic E-state index is -0.488. The van der Waals surface area contributed by atoms with E-state index in [-0.39, 0.29) is 18.3 Å². The summed E-state index contributed by atoms with van der Waals surface area (Å²) in [6, 6.07) is 6.23. The van der Waals surface area contributed by atoms with E-state index in [1.807, 2.05) is 6.92 Å². The van der Waals surface area contributed by atoms with Crippen molar-refractivity contribution in [3.8, 4) is 0 Å². The molecule has 2 aromatic rings. The Morgan fingerprint density at radius 2 is 2.18 bits per heavy atom. The number of fused-ring (bicyclic) bond motifs is 1. The van der Waals surface area contributed by atoms with E-state index in [0.29, 0.717) is 24.2 Å². The second-order valence-corrected chi connectivity index (χ2v) is 5.30. The fourth-order valence-corrected chi connectivity index (χ4v) is 2.55. The van der Waals surface area contributed by atoms with Gasteiger partial charge in [-0.15, -0.1) is 12.4 Å². The van der Waals surface area contributed by atoms with Crippen LogP contribution in [0, 0.1) is 6.92 Å². The number of hydrogen-bond acceptors (Lipinski definition) is 5. The van der Waals surface area contributed by atoms with Crippen LogP contribution in [0.5, 0.6) is 0 Å². The van der Waals surface area contributed by atoms with Gasteiger partial charge in [0.2, 0.25) is 5.91 Å². The summed E-state index contributed by atoms with van der Waals surface area (Å²) in [5.41, 5.74) is 1.42. The zero-order valence-corrected chi connectivity index (χ0v) is 12.8. The molecule has 2 heterocycles. The Hall–Kier alpha value is -1.89. The van der Waals surface area contributed by atoms with Gasteiger partial charge in [-0.1, -0.05) is 0 Å². The summed E-state index contributed by atoms with van der Waals surface area (Å²) >= 11 is 0. The van der Waals surface area contributed by atoms with Crippen molar-refractivity contribution in [3.63, 3.8) is 0 Å². The van der Waals surface area contributed by atoms with Crippen molar-refractivity contribution in [3.05, 3.63) is 40.2 Å². The van der Waals surface area contributed by atoms with Crippen molar-refractivity contribution in [2.24, 2.45) is 0 Å². The third-order valence-corrected chi connectivity index (χ3v) is 3.64. The van der Waals surface area contributed by atoms with Gasteiger partial charge in [-0.05, 0) is 31.0 Å². The van der Waals surface area contributed by atoms with Crippen LogP contribution in [-0.2, 0) is 4.79 Å². The molecule has 1 amide bonds. The highest BCUT2D eigenvalue weighted by Crippen LogP contribution is 2.21. The van der Waals surface area contributed by atoms with Crippen LogP contribution in [0.1, 0.15) is 12.0 Å². The maximum atomic E-state index is 12.1. The molecule has 0 saturated carbocycles. The van der Waals surface area contributed by atoms with Gasteiger partial charge < -0.3 is 20.2 Å². The summed E-state index contributed by atoms with van der Waals surface area (Å²) in [5.74, 6) is -0.207. The number of amides is 1. The van der Waals surface area contributed by atoms with E-state index in [9.17, 15) is 14.7 Å². The SMILES string of the molecule is Cc1cc(=O)oc2cc(NC(=O)[C@@H]3C[C@@H](O)CN3)ccc12.Cl. The lowest BCUT2D eigenvalue weighted by Gasteiger charge is -2.11. The molecule has 0 bridgehead atoms. The molecule has 0 unspecified atom stereocenters. The highest BCUT2D eigenvalue weighted by atomic mass is 35.5. The fraction of sp³-hybridized carbons (Fsp3) is 0.333. The van der Waals surface area contributed by atoms with Crippen LogP contribution in [0.3, 0.4) is 0 Å². The van der Waals surface area contributed by atoms with Crippen molar-refractivity contribution in [2.75, 3.05) is 11.9 Å². The molecule has 3 rings (SSSR count). The highest BCUT2D eigenvalue weighted by molar-refractivity contribution is 5.97. The largest absolute Gasteiger partial charge is 0.423 e. The van der Waals surface area contributed by atoms with Crippen molar-refractivity contribution < 1.29 is 14.3 Å². The minimum absolute atomic E-state index is 0. The molecule has 7 heteroatoms. The predicted octanol–water partition coefficient (Wildman–Crippen LogP) is 1.18. The monoisotopic (exact) mass is 324 g/mol. The van der Waals surface area contributed by atoms with E-state index >= 15 is 0 Å². The Kier molecular flexibility index (Phi) is 4.85. The number of anilines is 1. The quantitative estimate of drug-likeness (QED) is 0.722. The van der Waals surface area contributed by atoms with Gasteiger partial charge in [-0.25, -0.2) is 4.79 Å². The molecule has 22 heavy (non-hydrogen) atoms. The number of β-amino-alcohol motifs (C(OH)–C–C–N with tert-alkyl or cyclic N) is 1. The van der Waals surface area contributed by atoms with Gasteiger partial charge >= 0.3 is 5.63 Å². The molecule has 0 aliphatic carbocycles. The van der Waals surface area contributed by atoms with Gasteiger partial charge in [0.05, 0.1) is 12.1 Å². The van der Waals surface area contributed by atoms with Crippen molar-refractivity contribution in [2.45, 2.75) is 25.5 Å². The Bertz CT molecular complexity index is 759. The lowest BCUT2D eigenvalue weighted by molar-refractivity contribution is -0.117. The standard InChI is InChI=1S/C15H16N2O4.ClH/c1-8-4-14(19)21-13-5-9(2-3-11(8)13)17-15(20)12-6-10(18)7-16-12;/h2-5,10,12,16,18H,6-7H2,1H3,(H,17,20);1H/t10-,12+;/m1./s1. The van der Waals surface area contributed by atoms with Crippen molar-refractivity contribution >= 4 is 35.0 Å². The van der Waals surface area contributed by atoms with Crippen LogP contribution < -0.4 is 16.3 Å². The molecule has 1 saturated heterocycles. The van der Waals surface area contributed by atoms with Gasteiger partial charge in [0, 0.05) is 29.8 Å². The maximum absolute atomic E-state index is 12.1. The second-order valence-electron chi connectivity index (χ2n) is 5.30. The number of aliphatic hydroxyl groups is 1. The summed E-state index contributed by atoms with van der Waals surface area (Å²) in [6.07, 6.45) is -0.0915. The van der Waals surface area contributed by atoms with E-state index in [2.05, 4.69) is 10.6 Å². The summed E-state index contributed by atoms with van der Waals surface area (Å²) in [6.45, 7) is 2.26. The molecule has 1 aromatic heterocycles. The summed E-state index contributed by atoms with van der Waals surface area (Å²) in [4.78, 5) is 23.4. The van der Waals surface area contributed by atoms with E-state index in [1.54, 1.807) is 18.2 Å². The molecular formula is C15H17ClN2O4. The Morgan fingerprint density at radius 1 is 1.41 bits per heavy atom. The third-order valence-electron chi connectivity index (χ3n) is 3.64. The Balaban J connectivity index is 0.00000176. The molecular weight excluding hydrogens is 308 g/mol. The topological polar surface area (TPSA) is 91.6 Å². The van der Waals surface area contributed by atoms with Gasteiger partial charge in [-0.3, -0.25) is 4.79 Å². The number of aliphatic hydroxyl groups excluding tert-OH is 1. The lowest BCUT2D eigenvalue weighted by Crippen LogP contribution is -2.35. The van der Waals surface area contributed by atoms with Crippen LogP contribution in [0.4, 0.5) is 5.69 Å². The van der Waals surface area contributed by atoms with Crippen molar-refractivity contribution in [1.82, 2.24) is 5.32 Å². The summed E-state index contributed by atoms with van der Waals surface area (Å²) < 4.78 is 5.14. The van der Waals surface area contributed by atoms with Crippen LogP contribution in [-0.4, -0.2) is 29.7 Å². The maximum Gasteiger partial charge on any atom is 0.336 e. The van der Waals surface area contributed by atoms with E-state index in [0.717, 1.165) is 10.9 Å². The summed E-state index contributed by atoms with van der Waals surface area (Å²) in [5, 5.41) is 16.0. The van der Waals surface area contributed by atoms with E-state index in [1.165, 1.54) is 6.07 Å². The first kappa shape index (κ1) is 16.5. The molecule has 1 aliphatic rings. The Labute approximate surface area is 132 Å². The van der Waals surface area contributed by atoms with Gasteiger partial charge in [0.25, 0.3) is 0 Å². The number of hydrogen-bond donors (Lipinski definition) is 3. The average Bonchev–Trinajstić information content (AvgIpc) is 2.85.